The molecule has 4 aromatic rings. The molecule has 1 saturated heterocycles. The lowest BCUT2D eigenvalue weighted by atomic mass is 10.1. The van der Waals surface area contributed by atoms with E-state index in [-0.39, 0.29) is 0 Å². The van der Waals surface area contributed by atoms with E-state index in [4.69, 9.17) is 21.7 Å². The Labute approximate surface area is 162 Å². The summed E-state index contributed by atoms with van der Waals surface area (Å²) >= 11 is 6.61. The topological polar surface area (TPSA) is 47.7 Å². The van der Waals surface area contributed by atoms with E-state index >= 15 is 0 Å². The molecule has 2 aromatic carbocycles. The molecule has 5 nitrogen and oxygen atoms in total. The number of aryl methyl sites for hydroxylation is 1. The molecule has 1 aliphatic heterocycles. The number of benzene rings is 2. The summed E-state index contributed by atoms with van der Waals surface area (Å²) in [6, 6.07) is 16.6. The molecule has 0 aliphatic carbocycles. The molecule has 0 spiro atoms. The van der Waals surface area contributed by atoms with Gasteiger partial charge in [0, 0.05) is 30.6 Å². The van der Waals surface area contributed by atoms with Gasteiger partial charge in [-0.1, -0.05) is 48.0 Å². The zero-order valence-corrected chi connectivity index (χ0v) is 15.8. The molecular formula is C21H20ClN5. The van der Waals surface area contributed by atoms with E-state index in [0.29, 0.717) is 11.1 Å². The Bertz CT molecular complexity index is 1110. The zero-order chi connectivity index (χ0) is 18.4. The van der Waals surface area contributed by atoms with Crippen LogP contribution in [0.3, 0.4) is 0 Å². The lowest BCUT2D eigenvalue weighted by Gasteiger charge is -2.15. The molecule has 0 bridgehead atoms. The fraction of sp³-hybridized carbons (Fsp3) is 0.238. The summed E-state index contributed by atoms with van der Waals surface area (Å²) < 4.78 is 4.17. The summed E-state index contributed by atoms with van der Waals surface area (Å²) in [6.45, 7) is 1.96. The van der Waals surface area contributed by atoms with Crippen molar-refractivity contribution in [3.8, 4) is 22.6 Å². The first kappa shape index (κ1) is 16.5. The SMILES string of the molecule is Cn1nc(-c2c(-c3ccccc3)ncn2[C@H]2CCNC2)c2c(Cl)cccc21. The molecule has 1 atom stereocenters. The molecule has 0 unspecified atom stereocenters. The monoisotopic (exact) mass is 377 g/mol. The van der Waals surface area contributed by atoms with Crippen LogP contribution in [-0.2, 0) is 7.05 Å². The number of hydrogen-bond donors (Lipinski definition) is 1. The average molecular weight is 378 g/mol. The number of fused-ring (bicyclic) bond motifs is 1. The Hall–Kier alpha value is -2.63. The van der Waals surface area contributed by atoms with Crippen LogP contribution in [0, 0.1) is 0 Å². The third-order valence-corrected chi connectivity index (χ3v) is 5.63. The molecular weight excluding hydrogens is 358 g/mol. The second kappa shape index (κ2) is 6.51. The second-order valence-electron chi connectivity index (χ2n) is 6.97. The minimum absolute atomic E-state index is 0.365. The van der Waals surface area contributed by atoms with Crippen LogP contribution in [0.25, 0.3) is 33.5 Å². The van der Waals surface area contributed by atoms with Crippen LogP contribution in [0.1, 0.15) is 12.5 Å². The minimum atomic E-state index is 0.365. The number of rotatable bonds is 3. The van der Waals surface area contributed by atoms with Gasteiger partial charge in [0.1, 0.15) is 5.69 Å². The Morgan fingerprint density at radius 3 is 2.70 bits per heavy atom. The van der Waals surface area contributed by atoms with Crippen molar-refractivity contribution >= 4 is 22.5 Å². The van der Waals surface area contributed by atoms with Gasteiger partial charge in [-0.15, -0.1) is 0 Å². The van der Waals surface area contributed by atoms with Gasteiger partial charge in [0.2, 0.25) is 0 Å². The fourth-order valence-corrected chi connectivity index (χ4v) is 4.25. The fourth-order valence-electron chi connectivity index (χ4n) is 3.99. The van der Waals surface area contributed by atoms with E-state index in [0.717, 1.165) is 53.1 Å². The predicted octanol–water partition coefficient (Wildman–Crippen LogP) is 4.29. The molecule has 6 heteroatoms. The van der Waals surface area contributed by atoms with E-state index in [9.17, 15) is 0 Å². The zero-order valence-electron chi connectivity index (χ0n) is 15.1. The maximum absolute atomic E-state index is 6.61. The van der Waals surface area contributed by atoms with Crippen LogP contribution in [0.5, 0.6) is 0 Å². The summed E-state index contributed by atoms with van der Waals surface area (Å²) in [5.41, 5.74) is 4.98. The normalized spacial score (nSPS) is 17.0. The molecule has 27 heavy (non-hydrogen) atoms. The molecule has 3 heterocycles. The second-order valence-corrected chi connectivity index (χ2v) is 7.38. The third kappa shape index (κ3) is 2.66. The molecule has 1 aliphatic rings. The lowest BCUT2D eigenvalue weighted by Crippen LogP contribution is -2.13. The van der Waals surface area contributed by atoms with Crippen LogP contribution >= 0.6 is 11.6 Å². The standard InChI is InChI=1S/C21H20ClN5/c1-26-17-9-5-8-16(22)18(17)20(25-26)21-19(14-6-3-2-4-7-14)24-13-27(21)15-10-11-23-12-15/h2-9,13,15,23H,10-12H2,1H3/t15-/m0/s1. The summed E-state index contributed by atoms with van der Waals surface area (Å²) in [4.78, 5) is 4.80. The molecule has 136 valence electrons. The first-order valence-electron chi connectivity index (χ1n) is 9.18. The summed E-state index contributed by atoms with van der Waals surface area (Å²) in [6.07, 6.45) is 3.03. The van der Waals surface area contributed by atoms with Gasteiger partial charge >= 0.3 is 0 Å². The highest BCUT2D eigenvalue weighted by Gasteiger charge is 2.26. The number of halogens is 1. The summed E-state index contributed by atoms with van der Waals surface area (Å²) in [7, 11) is 1.96. The Kier molecular flexibility index (Phi) is 3.99. The minimum Gasteiger partial charge on any atom is -0.324 e. The molecule has 5 rings (SSSR count). The first-order chi connectivity index (χ1) is 13.2. The highest BCUT2D eigenvalue weighted by Crippen LogP contribution is 2.39. The van der Waals surface area contributed by atoms with Gasteiger partial charge < -0.3 is 9.88 Å². The van der Waals surface area contributed by atoms with E-state index in [2.05, 4.69) is 28.1 Å². The third-order valence-electron chi connectivity index (χ3n) is 5.32. The molecule has 0 amide bonds. The Morgan fingerprint density at radius 2 is 1.93 bits per heavy atom. The van der Waals surface area contributed by atoms with Gasteiger partial charge in [0.25, 0.3) is 0 Å². The van der Waals surface area contributed by atoms with E-state index < -0.39 is 0 Å². The van der Waals surface area contributed by atoms with Crippen LogP contribution in [0.15, 0.2) is 54.9 Å². The maximum atomic E-state index is 6.61. The van der Waals surface area contributed by atoms with Crippen molar-refractivity contribution in [3.05, 3.63) is 59.9 Å². The smallest absolute Gasteiger partial charge is 0.120 e. The Balaban J connectivity index is 1.82. The van der Waals surface area contributed by atoms with E-state index in [1.807, 2.05) is 48.4 Å². The highest BCUT2D eigenvalue weighted by molar-refractivity contribution is 6.36. The summed E-state index contributed by atoms with van der Waals surface area (Å²) in [5, 5.41) is 10.0. The van der Waals surface area contributed by atoms with Crippen molar-refractivity contribution in [1.29, 1.82) is 0 Å². The van der Waals surface area contributed by atoms with Gasteiger partial charge in [0.15, 0.2) is 0 Å². The first-order valence-corrected chi connectivity index (χ1v) is 9.56. The quantitative estimate of drug-likeness (QED) is 0.579. The highest BCUT2D eigenvalue weighted by atomic mass is 35.5. The Morgan fingerprint density at radius 1 is 1.07 bits per heavy atom. The maximum Gasteiger partial charge on any atom is 0.120 e. The van der Waals surface area contributed by atoms with Gasteiger partial charge in [-0.2, -0.15) is 5.10 Å². The predicted molar refractivity (Wildman–Crippen MR) is 109 cm³/mol. The number of nitrogens with one attached hydrogen (secondary N) is 1. The number of nitrogens with zero attached hydrogens (tertiary/aromatic N) is 4. The van der Waals surface area contributed by atoms with Gasteiger partial charge in [-0.3, -0.25) is 4.68 Å². The molecule has 0 radical (unpaired) electrons. The molecule has 0 saturated carbocycles. The number of aromatic nitrogens is 4. The van der Waals surface area contributed by atoms with Crippen LogP contribution in [-0.4, -0.2) is 32.4 Å². The van der Waals surface area contributed by atoms with E-state index in [1.165, 1.54) is 0 Å². The van der Waals surface area contributed by atoms with Crippen molar-refractivity contribution in [2.45, 2.75) is 12.5 Å². The number of hydrogen-bond acceptors (Lipinski definition) is 3. The summed E-state index contributed by atoms with van der Waals surface area (Å²) in [5.74, 6) is 0. The van der Waals surface area contributed by atoms with Crippen LogP contribution < -0.4 is 5.32 Å². The van der Waals surface area contributed by atoms with E-state index in [1.54, 1.807) is 0 Å². The average Bonchev–Trinajstić information content (AvgIpc) is 3.41. The van der Waals surface area contributed by atoms with Crippen LogP contribution in [0.2, 0.25) is 5.02 Å². The largest absolute Gasteiger partial charge is 0.324 e. The van der Waals surface area contributed by atoms with Crippen molar-refractivity contribution < 1.29 is 0 Å². The molecule has 2 aromatic heterocycles. The van der Waals surface area contributed by atoms with Crippen molar-refractivity contribution in [1.82, 2.24) is 24.6 Å². The van der Waals surface area contributed by atoms with Crippen LogP contribution in [0.4, 0.5) is 0 Å². The lowest BCUT2D eigenvalue weighted by molar-refractivity contribution is 0.550. The number of imidazole rings is 1. The van der Waals surface area contributed by atoms with Crippen molar-refractivity contribution in [2.75, 3.05) is 13.1 Å². The van der Waals surface area contributed by atoms with Gasteiger partial charge in [-0.05, 0) is 25.1 Å². The van der Waals surface area contributed by atoms with Gasteiger partial charge in [-0.25, -0.2) is 4.98 Å². The molecule has 1 fully saturated rings. The molecule has 1 N–H and O–H groups in total. The van der Waals surface area contributed by atoms with Crippen molar-refractivity contribution in [2.24, 2.45) is 7.05 Å². The van der Waals surface area contributed by atoms with Crippen molar-refractivity contribution in [3.63, 3.8) is 0 Å². The van der Waals surface area contributed by atoms with Gasteiger partial charge in [0.05, 0.1) is 28.3 Å².